The second-order valence-electron chi connectivity index (χ2n) is 7.80. The quantitative estimate of drug-likeness (QED) is 0.495. The van der Waals surface area contributed by atoms with E-state index in [1.54, 1.807) is 13.8 Å². The molecule has 1 amide bonds. The molecule has 7 heteroatoms. The van der Waals surface area contributed by atoms with Gasteiger partial charge in [-0.25, -0.2) is 4.98 Å². The number of aryl methyl sites for hydroxylation is 2. The molecule has 158 valence electrons. The van der Waals surface area contributed by atoms with Crippen LogP contribution in [0.1, 0.15) is 47.0 Å². The number of aromatic nitrogens is 1. The van der Waals surface area contributed by atoms with Crippen molar-refractivity contribution in [2.45, 2.75) is 39.8 Å². The Kier molecular flexibility index (Phi) is 6.04. The van der Waals surface area contributed by atoms with Gasteiger partial charge in [-0.2, -0.15) is 13.2 Å². The SMILES string of the molecule is Cc1nc(NC(=O)C(C)(C)C(c2ccccc2)c2ccc(C(F)(F)F)cc2)sc1C. The lowest BCUT2D eigenvalue weighted by Crippen LogP contribution is -2.37. The summed E-state index contributed by atoms with van der Waals surface area (Å²) in [7, 11) is 0. The van der Waals surface area contributed by atoms with Gasteiger partial charge in [0.2, 0.25) is 5.91 Å². The number of rotatable bonds is 5. The van der Waals surface area contributed by atoms with E-state index in [0.717, 1.165) is 28.3 Å². The first kappa shape index (κ1) is 22.0. The number of nitrogens with zero attached hydrogens (tertiary/aromatic N) is 1. The van der Waals surface area contributed by atoms with Crippen molar-refractivity contribution < 1.29 is 18.0 Å². The monoisotopic (exact) mass is 432 g/mol. The Morgan fingerprint density at radius 1 is 0.967 bits per heavy atom. The summed E-state index contributed by atoms with van der Waals surface area (Å²) in [4.78, 5) is 18.6. The normalized spacial score (nSPS) is 13.2. The van der Waals surface area contributed by atoms with E-state index in [2.05, 4.69) is 10.3 Å². The van der Waals surface area contributed by atoms with Crippen molar-refractivity contribution in [3.63, 3.8) is 0 Å². The van der Waals surface area contributed by atoms with Gasteiger partial charge in [0.15, 0.2) is 5.13 Å². The van der Waals surface area contributed by atoms with Gasteiger partial charge in [-0.1, -0.05) is 56.3 Å². The van der Waals surface area contributed by atoms with E-state index in [0.29, 0.717) is 10.7 Å². The van der Waals surface area contributed by atoms with E-state index >= 15 is 0 Å². The fraction of sp³-hybridized carbons (Fsp3) is 0.304. The van der Waals surface area contributed by atoms with Gasteiger partial charge in [-0.15, -0.1) is 11.3 Å². The van der Waals surface area contributed by atoms with Crippen LogP contribution in [-0.2, 0) is 11.0 Å². The van der Waals surface area contributed by atoms with Crippen LogP contribution < -0.4 is 5.32 Å². The van der Waals surface area contributed by atoms with Crippen LogP contribution in [-0.4, -0.2) is 10.9 Å². The second kappa shape index (κ2) is 8.22. The Hall–Kier alpha value is -2.67. The molecule has 1 atom stereocenters. The number of hydrogen-bond acceptors (Lipinski definition) is 3. The Labute approximate surface area is 178 Å². The first-order valence-electron chi connectivity index (χ1n) is 9.47. The smallest absolute Gasteiger partial charge is 0.301 e. The molecule has 0 fully saturated rings. The number of nitrogens with one attached hydrogen (secondary N) is 1. The third kappa shape index (κ3) is 4.56. The summed E-state index contributed by atoms with van der Waals surface area (Å²) >= 11 is 1.40. The summed E-state index contributed by atoms with van der Waals surface area (Å²) < 4.78 is 39.0. The highest BCUT2D eigenvalue weighted by Crippen LogP contribution is 2.43. The largest absolute Gasteiger partial charge is 0.416 e. The number of halogens is 3. The molecule has 1 aromatic heterocycles. The lowest BCUT2D eigenvalue weighted by Gasteiger charge is -2.34. The maximum atomic E-state index is 13.2. The van der Waals surface area contributed by atoms with Gasteiger partial charge in [0.1, 0.15) is 0 Å². The molecule has 1 N–H and O–H groups in total. The minimum atomic E-state index is -4.41. The van der Waals surface area contributed by atoms with Crippen LogP contribution in [0, 0.1) is 19.3 Å². The summed E-state index contributed by atoms with van der Waals surface area (Å²) in [5, 5.41) is 3.40. The minimum Gasteiger partial charge on any atom is -0.301 e. The second-order valence-corrected chi connectivity index (χ2v) is 9.00. The number of amides is 1. The summed E-state index contributed by atoms with van der Waals surface area (Å²) in [6.07, 6.45) is -4.41. The van der Waals surface area contributed by atoms with Crippen molar-refractivity contribution in [3.05, 3.63) is 81.9 Å². The third-order valence-electron chi connectivity index (χ3n) is 5.26. The fourth-order valence-electron chi connectivity index (χ4n) is 3.45. The predicted octanol–water partition coefficient (Wildman–Crippen LogP) is 6.58. The number of anilines is 1. The minimum absolute atomic E-state index is 0.245. The molecule has 0 aliphatic heterocycles. The molecule has 0 radical (unpaired) electrons. The first-order chi connectivity index (χ1) is 14.0. The van der Waals surface area contributed by atoms with Gasteiger partial charge in [0.05, 0.1) is 16.7 Å². The number of benzene rings is 2. The summed E-state index contributed by atoms with van der Waals surface area (Å²) in [6, 6.07) is 14.4. The summed E-state index contributed by atoms with van der Waals surface area (Å²) in [5.41, 5.74) is 0.684. The lowest BCUT2D eigenvalue weighted by molar-refractivity contribution is -0.137. The number of thiazole rings is 1. The molecule has 3 nitrogen and oxygen atoms in total. The Bertz CT molecular complexity index is 1010. The average Bonchev–Trinajstić information content (AvgIpc) is 2.99. The zero-order valence-electron chi connectivity index (χ0n) is 17.2. The average molecular weight is 433 g/mol. The van der Waals surface area contributed by atoms with Crippen LogP contribution in [0.15, 0.2) is 54.6 Å². The van der Waals surface area contributed by atoms with Crippen molar-refractivity contribution in [1.82, 2.24) is 4.98 Å². The Balaban J connectivity index is 2.00. The topological polar surface area (TPSA) is 42.0 Å². The fourth-order valence-corrected chi connectivity index (χ4v) is 4.26. The van der Waals surface area contributed by atoms with E-state index in [4.69, 9.17) is 0 Å². The molecule has 0 aliphatic rings. The zero-order valence-corrected chi connectivity index (χ0v) is 18.0. The van der Waals surface area contributed by atoms with E-state index in [-0.39, 0.29) is 5.91 Å². The molecule has 30 heavy (non-hydrogen) atoms. The Morgan fingerprint density at radius 3 is 2.03 bits per heavy atom. The molecule has 0 saturated carbocycles. The van der Waals surface area contributed by atoms with Crippen LogP contribution in [0.3, 0.4) is 0 Å². The highest BCUT2D eigenvalue weighted by Gasteiger charge is 2.40. The molecule has 0 aliphatic carbocycles. The van der Waals surface area contributed by atoms with Gasteiger partial charge < -0.3 is 5.32 Å². The van der Waals surface area contributed by atoms with Crippen molar-refractivity contribution in [1.29, 1.82) is 0 Å². The molecule has 2 aromatic carbocycles. The lowest BCUT2D eigenvalue weighted by atomic mass is 9.70. The van der Waals surface area contributed by atoms with Crippen molar-refractivity contribution in [2.24, 2.45) is 5.41 Å². The summed E-state index contributed by atoms with van der Waals surface area (Å²) in [5.74, 6) is -0.687. The van der Waals surface area contributed by atoms with Gasteiger partial charge >= 0.3 is 6.18 Å². The predicted molar refractivity (Wildman–Crippen MR) is 114 cm³/mol. The molecule has 1 heterocycles. The molecule has 3 rings (SSSR count). The molecule has 0 saturated heterocycles. The van der Waals surface area contributed by atoms with Crippen LogP contribution in [0.4, 0.5) is 18.3 Å². The standard InChI is InChI=1S/C23H23F3N2OS/c1-14-15(2)30-21(27-14)28-20(29)22(3,4)19(16-8-6-5-7-9-16)17-10-12-18(13-11-17)23(24,25)26/h5-13,19H,1-4H3,(H,27,28,29). The van der Waals surface area contributed by atoms with Crippen LogP contribution in [0.5, 0.6) is 0 Å². The van der Waals surface area contributed by atoms with Gasteiger partial charge in [0, 0.05) is 10.8 Å². The number of carbonyl (C=O) groups is 1. The molecule has 1 unspecified atom stereocenters. The van der Waals surface area contributed by atoms with E-state index in [9.17, 15) is 18.0 Å². The molecule has 0 bridgehead atoms. The van der Waals surface area contributed by atoms with Crippen molar-refractivity contribution in [2.75, 3.05) is 5.32 Å². The van der Waals surface area contributed by atoms with E-state index in [1.165, 1.54) is 23.5 Å². The van der Waals surface area contributed by atoms with Gasteiger partial charge in [-0.05, 0) is 37.1 Å². The van der Waals surface area contributed by atoms with Gasteiger partial charge in [0.25, 0.3) is 0 Å². The highest BCUT2D eigenvalue weighted by molar-refractivity contribution is 7.15. The number of alkyl halides is 3. The van der Waals surface area contributed by atoms with Crippen LogP contribution in [0.25, 0.3) is 0 Å². The van der Waals surface area contributed by atoms with Crippen LogP contribution in [0.2, 0.25) is 0 Å². The summed E-state index contributed by atoms with van der Waals surface area (Å²) in [6.45, 7) is 7.40. The maximum absolute atomic E-state index is 13.2. The number of hydrogen-bond donors (Lipinski definition) is 1. The zero-order chi connectivity index (χ0) is 22.1. The van der Waals surface area contributed by atoms with Crippen molar-refractivity contribution >= 4 is 22.4 Å². The molecule has 3 aromatic rings. The number of carbonyl (C=O) groups excluding carboxylic acids is 1. The Morgan fingerprint density at radius 2 is 1.53 bits per heavy atom. The molecular formula is C23H23F3N2OS. The van der Waals surface area contributed by atoms with E-state index in [1.807, 2.05) is 44.2 Å². The molecular weight excluding hydrogens is 409 g/mol. The van der Waals surface area contributed by atoms with E-state index < -0.39 is 23.1 Å². The molecule has 0 spiro atoms. The maximum Gasteiger partial charge on any atom is 0.416 e. The van der Waals surface area contributed by atoms with Crippen LogP contribution >= 0.6 is 11.3 Å². The van der Waals surface area contributed by atoms with Crippen molar-refractivity contribution in [3.8, 4) is 0 Å². The van der Waals surface area contributed by atoms with Gasteiger partial charge in [-0.3, -0.25) is 4.79 Å². The third-order valence-corrected chi connectivity index (χ3v) is 6.25. The highest BCUT2D eigenvalue weighted by atomic mass is 32.1. The first-order valence-corrected chi connectivity index (χ1v) is 10.3.